The molecule has 0 aliphatic heterocycles. The van der Waals surface area contributed by atoms with Crippen LogP contribution in [0.15, 0.2) is 36.8 Å². The van der Waals surface area contributed by atoms with E-state index in [0.29, 0.717) is 5.69 Å². The minimum atomic E-state index is -0.419. The van der Waals surface area contributed by atoms with Crippen molar-refractivity contribution in [3.8, 4) is 11.1 Å². The predicted octanol–water partition coefficient (Wildman–Crippen LogP) is 1.19. The Kier molecular flexibility index (Phi) is 2.25. The van der Waals surface area contributed by atoms with Crippen molar-refractivity contribution in [1.29, 1.82) is 0 Å². The lowest BCUT2D eigenvalue weighted by Crippen LogP contribution is -2.14. The smallest absolute Gasteiger partial charge is 0.265 e. The molecule has 0 atom stereocenters. The summed E-state index contributed by atoms with van der Waals surface area (Å²) in [6, 6.07) is 5.55. The Morgan fingerprint density at radius 2 is 2.00 bits per heavy atom. The molecule has 0 unspecified atom stereocenters. The molecule has 0 aliphatic rings. The largest absolute Gasteiger partial charge is 0.364 e. The number of nitrogens with zero attached hydrogens (tertiary/aromatic N) is 2. The maximum absolute atomic E-state index is 11.1. The van der Waals surface area contributed by atoms with Crippen LogP contribution in [-0.2, 0) is 7.05 Å². The third-order valence-electron chi connectivity index (χ3n) is 2.27. The van der Waals surface area contributed by atoms with Crippen LogP contribution in [0.5, 0.6) is 0 Å². The van der Waals surface area contributed by atoms with E-state index >= 15 is 0 Å². The van der Waals surface area contributed by atoms with Gasteiger partial charge in [-0.05, 0) is 23.8 Å². The van der Waals surface area contributed by atoms with E-state index in [9.17, 15) is 4.79 Å². The van der Waals surface area contributed by atoms with Gasteiger partial charge in [0, 0.05) is 31.2 Å². The van der Waals surface area contributed by atoms with Crippen molar-refractivity contribution in [1.82, 2.24) is 9.55 Å². The highest BCUT2D eigenvalue weighted by Crippen LogP contribution is 2.20. The second-order valence-corrected chi connectivity index (χ2v) is 3.33. The molecule has 2 N–H and O–H groups in total. The van der Waals surface area contributed by atoms with Crippen LogP contribution in [0.25, 0.3) is 11.1 Å². The van der Waals surface area contributed by atoms with Crippen LogP contribution in [0.3, 0.4) is 0 Å². The Hall–Kier alpha value is -2.10. The van der Waals surface area contributed by atoms with Gasteiger partial charge in [0.2, 0.25) is 0 Å². The van der Waals surface area contributed by atoms with E-state index in [1.807, 2.05) is 18.3 Å². The highest BCUT2D eigenvalue weighted by atomic mass is 16.1. The first-order valence-electron chi connectivity index (χ1n) is 4.55. The fraction of sp³-hybridized carbons (Fsp3) is 0.0909. The van der Waals surface area contributed by atoms with Crippen LogP contribution >= 0.6 is 0 Å². The molecule has 2 rings (SSSR count). The van der Waals surface area contributed by atoms with Crippen molar-refractivity contribution in [2.45, 2.75) is 0 Å². The number of rotatable bonds is 2. The summed E-state index contributed by atoms with van der Waals surface area (Å²) < 4.78 is 1.72. The summed E-state index contributed by atoms with van der Waals surface area (Å²) in [5.41, 5.74) is 7.72. The molecule has 15 heavy (non-hydrogen) atoms. The molecule has 0 saturated carbocycles. The van der Waals surface area contributed by atoms with Gasteiger partial charge in [0.05, 0.1) is 0 Å². The molecule has 0 aliphatic carbocycles. The van der Waals surface area contributed by atoms with E-state index in [1.54, 1.807) is 30.1 Å². The lowest BCUT2D eigenvalue weighted by molar-refractivity contribution is 0.0992. The second kappa shape index (κ2) is 3.57. The van der Waals surface area contributed by atoms with Gasteiger partial charge in [-0.3, -0.25) is 9.78 Å². The number of nitrogens with two attached hydrogens (primary N) is 1. The summed E-state index contributed by atoms with van der Waals surface area (Å²) in [6.45, 7) is 0. The molecule has 1 amide bonds. The molecule has 0 fully saturated rings. The van der Waals surface area contributed by atoms with E-state index < -0.39 is 5.91 Å². The fourth-order valence-electron chi connectivity index (χ4n) is 1.51. The number of aryl methyl sites for hydroxylation is 1. The molecular formula is C11H11N3O. The summed E-state index contributed by atoms with van der Waals surface area (Å²) in [6.07, 6.45) is 5.30. The first-order valence-corrected chi connectivity index (χ1v) is 4.55. The Balaban J connectivity index is 2.48. The second-order valence-electron chi connectivity index (χ2n) is 3.33. The van der Waals surface area contributed by atoms with Gasteiger partial charge in [0.15, 0.2) is 0 Å². The summed E-state index contributed by atoms with van der Waals surface area (Å²) in [5.74, 6) is -0.419. The van der Waals surface area contributed by atoms with Gasteiger partial charge in [-0.15, -0.1) is 0 Å². The van der Waals surface area contributed by atoms with Crippen molar-refractivity contribution in [2.24, 2.45) is 12.8 Å². The van der Waals surface area contributed by atoms with Crippen molar-refractivity contribution < 1.29 is 4.79 Å². The van der Waals surface area contributed by atoms with Crippen molar-refractivity contribution in [2.75, 3.05) is 0 Å². The molecule has 0 saturated heterocycles. The average Bonchev–Trinajstić information content (AvgIpc) is 2.62. The van der Waals surface area contributed by atoms with Gasteiger partial charge in [-0.2, -0.15) is 0 Å². The van der Waals surface area contributed by atoms with E-state index in [1.165, 1.54) is 0 Å². The van der Waals surface area contributed by atoms with Crippen LogP contribution in [-0.4, -0.2) is 15.5 Å². The summed E-state index contributed by atoms with van der Waals surface area (Å²) >= 11 is 0. The Bertz CT molecular complexity index is 488. The molecule has 0 spiro atoms. The lowest BCUT2D eigenvalue weighted by atomic mass is 10.1. The first-order chi connectivity index (χ1) is 7.18. The standard InChI is InChI=1S/C11H11N3O/c1-14-7-9(6-10(14)11(12)15)8-2-4-13-5-3-8/h2-7H,1H3,(H2,12,15). The summed E-state index contributed by atoms with van der Waals surface area (Å²) in [4.78, 5) is 15.0. The van der Waals surface area contributed by atoms with Crippen LogP contribution in [0.1, 0.15) is 10.5 Å². The van der Waals surface area contributed by atoms with E-state index in [0.717, 1.165) is 11.1 Å². The Labute approximate surface area is 87.4 Å². The van der Waals surface area contributed by atoms with Crippen LogP contribution in [0, 0.1) is 0 Å². The van der Waals surface area contributed by atoms with Gasteiger partial charge in [0.1, 0.15) is 5.69 Å². The zero-order valence-corrected chi connectivity index (χ0v) is 8.34. The molecule has 4 nitrogen and oxygen atoms in total. The van der Waals surface area contributed by atoms with Gasteiger partial charge in [-0.25, -0.2) is 0 Å². The number of carbonyl (C=O) groups is 1. The molecule has 0 radical (unpaired) electrons. The van der Waals surface area contributed by atoms with Gasteiger partial charge < -0.3 is 10.3 Å². The Morgan fingerprint density at radius 3 is 2.53 bits per heavy atom. The Morgan fingerprint density at radius 1 is 1.33 bits per heavy atom. The molecule has 2 heterocycles. The van der Waals surface area contributed by atoms with Crippen molar-refractivity contribution in [3.05, 3.63) is 42.5 Å². The van der Waals surface area contributed by atoms with E-state index in [-0.39, 0.29) is 0 Å². The number of carbonyl (C=O) groups excluding carboxylic acids is 1. The monoisotopic (exact) mass is 201 g/mol. The minimum Gasteiger partial charge on any atom is -0.364 e. The molecule has 2 aromatic rings. The maximum Gasteiger partial charge on any atom is 0.265 e. The first kappa shape index (κ1) is 9.45. The molecule has 4 heteroatoms. The van der Waals surface area contributed by atoms with E-state index in [4.69, 9.17) is 5.73 Å². The predicted molar refractivity (Wildman–Crippen MR) is 57.2 cm³/mol. The quantitative estimate of drug-likeness (QED) is 0.793. The van der Waals surface area contributed by atoms with Crippen LogP contribution in [0.4, 0.5) is 0 Å². The fourth-order valence-corrected chi connectivity index (χ4v) is 1.51. The normalized spacial score (nSPS) is 10.2. The highest BCUT2D eigenvalue weighted by Gasteiger charge is 2.08. The molecule has 0 bridgehead atoms. The highest BCUT2D eigenvalue weighted by molar-refractivity contribution is 5.92. The number of aromatic nitrogens is 2. The SMILES string of the molecule is Cn1cc(-c2ccncc2)cc1C(N)=O. The van der Waals surface area contributed by atoms with Crippen LogP contribution < -0.4 is 5.73 Å². The number of pyridine rings is 1. The number of hydrogen-bond acceptors (Lipinski definition) is 2. The van der Waals surface area contributed by atoms with Crippen molar-refractivity contribution in [3.63, 3.8) is 0 Å². The average molecular weight is 201 g/mol. The third kappa shape index (κ3) is 1.74. The van der Waals surface area contributed by atoms with Crippen molar-refractivity contribution >= 4 is 5.91 Å². The van der Waals surface area contributed by atoms with E-state index in [2.05, 4.69) is 4.98 Å². The number of hydrogen-bond donors (Lipinski definition) is 1. The van der Waals surface area contributed by atoms with Gasteiger partial charge >= 0.3 is 0 Å². The summed E-state index contributed by atoms with van der Waals surface area (Å²) in [5, 5.41) is 0. The van der Waals surface area contributed by atoms with Crippen LogP contribution in [0.2, 0.25) is 0 Å². The third-order valence-corrected chi connectivity index (χ3v) is 2.27. The molecular weight excluding hydrogens is 190 g/mol. The molecule has 76 valence electrons. The maximum atomic E-state index is 11.1. The van der Waals surface area contributed by atoms with Gasteiger partial charge in [-0.1, -0.05) is 0 Å². The lowest BCUT2D eigenvalue weighted by Gasteiger charge is -1.94. The summed E-state index contributed by atoms with van der Waals surface area (Å²) in [7, 11) is 1.80. The van der Waals surface area contributed by atoms with Gasteiger partial charge in [0.25, 0.3) is 5.91 Å². The number of primary amides is 1. The minimum absolute atomic E-state index is 0.419. The topological polar surface area (TPSA) is 60.9 Å². The molecule has 0 aromatic carbocycles. The number of amides is 1. The zero-order valence-electron chi connectivity index (χ0n) is 8.34. The molecule has 2 aromatic heterocycles. The zero-order chi connectivity index (χ0) is 10.8.